The van der Waals surface area contributed by atoms with E-state index in [1.54, 1.807) is 12.1 Å². The highest BCUT2D eigenvalue weighted by atomic mass is 19.4. The Labute approximate surface area is 329 Å². The van der Waals surface area contributed by atoms with Crippen LogP contribution in [0, 0.1) is 5.92 Å². The van der Waals surface area contributed by atoms with E-state index in [0.29, 0.717) is 48.1 Å². The van der Waals surface area contributed by atoms with E-state index in [-0.39, 0.29) is 5.56 Å². The smallest absolute Gasteiger partial charge is 0.416 e. The number of halogens is 3. The Balaban J connectivity index is 0.000000360. The average Bonchev–Trinajstić information content (AvgIpc) is 3.48. The van der Waals surface area contributed by atoms with Gasteiger partial charge in [-0.1, -0.05) is 118 Å². The summed E-state index contributed by atoms with van der Waals surface area (Å²) in [6.45, 7) is 11.7. The normalized spacial score (nSPS) is 13.7. The van der Waals surface area contributed by atoms with E-state index in [2.05, 4.69) is 48.6 Å². The lowest BCUT2D eigenvalue weighted by atomic mass is 10.0. The van der Waals surface area contributed by atoms with Crippen molar-refractivity contribution in [3.63, 3.8) is 0 Å². The van der Waals surface area contributed by atoms with Crippen molar-refractivity contribution < 1.29 is 27.8 Å². The molecule has 1 aliphatic heterocycles. The number of alkyl halides is 3. The molecule has 0 amide bonds. The molecular formula is C44H72F3N5O3. The van der Waals surface area contributed by atoms with E-state index in [4.69, 9.17) is 4.74 Å². The van der Waals surface area contributed by atoms with Gasteiger partial charge in [-0.2, -0.15) is 13.2 Å². The predicted molar refractivity (Wildman–Crippen MR) is 222 cm³/mol. The number of rotatable bonds is 23. The molecule has 4 rings (SSSR count). The lowest BCUT2D eigenvalue weighted by molar-refractivity contribution is -0.137. The van der Waals surface area contributed by atoms with Gasteiger partial charge in [0.25, 0.3) is 0 Å². The summed E-state index contributed by atoms with van der Waals surface area (Å²) >= 11 is 0. The molecule has 1 unspecified atom stereocenters. The third-order valence-electron chi connectivity index (χ3n) is 9.73. The summed E-state index contributed by atoms with van der Waals surface area (Å²) in [5.74, 6) is 0.231. The van der Waals surface area contributed by atoms with Crippen LogP contribution in [0.5, 0.6) is 5.75 Å². The maximum atomic E-state index is 12.9. The van der Waals surface area contributed by atoms with Crippen molar-refractivity contribution in [2.24, 2.45) is 5.92 Å². The van der Waals surface area contributed by atoms with Gasteiger partial charge in [0.2, 0.25) is 5.95 Å². The first kappa shape index (κ1) is 47.8. The second-order valence-corrected chi connectivity index (χ2v) is 15.2. The molecule has 0 spiro atoms. The number of carboxylic acid groups (broad SMARTS) is 1. The summed E-state index contributed by atoms with van der Waals surface area (Å²) in [7, 11) is 4.06. The number of fused-ring (bicyclic) bond motifs is 2. The fraction of sp³-hybridized carbons (Fsp3) is 0.682. The third-order valence-corrected chi connectivity index (χ3v) is 9.73. The number of aromatic carboxylic acids is 1. The van der Waals surface area contributed by atoms with Crippen LogP contribution in [0.3, 0.4) is 0 Å². The summed E-state index contributed by atoms with van der Waals surface area (Å²) < 4.78 is 46.7. The highest BCUT2D eigenvalue weighted by Crippen LogP contribution is 2.36. The summed E-state index contributed by atoms with van der Waals surface area (Å²) in [5.41, 5.74) is 1.33. The first-order valence-corrected chi connectivity index (χ1v) is 21.1. The Bertz CT molecular complexity index is 1440. The Kier molecular flexibility index (Phi) is 23.8. The number of unbranched alkanes of at least 4 members (excludes halogenated alkanes) is 14. The maximum Gasteiger partial charge on any atom is 0.416 e. The molecule has 1 atom stereocenters. The molecule has 2 aromatic carbocycles. The number of aryl methyl sites for hydroxylation is 1. The van der Waals surface area contributed by atoms with E-state index in [1.165, 1.54) is 128 Å². The molecule has 11 heteroatoms. The standard InChI is InChI=1S/C22H22F3N3O3.2C11H25N/c1-12(2)11-28-17-6-3-14(20(29)30)10-16(17)26-21(28)27-19-8-4-13-9-15(22(23,24)25)5-7-18(13)31-19;2*1-3-4-5-6-7-8-9-10-11-12-2/h3,5-7,9-10,12,19H,4,8,11H2,1-2H3,(H,26,27)(H,29,30);2*12H,3-11H2,1-2H3. The van der Waals surface area contributed by atoms with Crippen LogP contribution in [0.1, 0.15) is 158 Å². The number of benzene rings is 2. The van der Waals surface area contributed by atoms with Gasteiger partial charge in [-0.3, -0.25) is 0 Å². The van der Waals surface area contributed by atoms with Gasteiger partial charge in [0, 0.05) is 13.0 Å². The van der Waals surface area contributed by atoms with Crippen LogP contribution < -0.4 is 20.7 Å². The lowest BCUT2D eigenvalue weighted by Crippen LogP contribution is -2.32. The zero-order valence-electron chi connectivity index (χ0n) is 34.8. The molecule has 312 valence electrons. The second-order valence-electron chi connectivity index (χ2n) is 15.2. The molecule has 0 bridgehead atoms. The molecule has 0 aliphatic carbocycles. The van der Waals surface area contributed by atoms with E-state index in [0.717, 1.165) is 17.6 Å². The molecule has 3 aromatic rings. The number of nitrogens with zero attached hydrogens (tertiary/aromatic N) is 2. The maximum absolute atomic E-state index is 12.9. The molecule has 8 nitrogen and oxygen atoms in total. The van der Waals surface area contributed by atoms with Crippen molar-refractivity contribution in [1.29, 1.82) is 0 Å². The quantitative estimate of drug-likeness (QED) is 0.0712. The van der Waals surface area contributed by atoms with Gasteiger partial charge in [-0.15, -0.1) is 0 Å². The average molecular weight is 776 g/mol. The number of ether oxygens (including phenoxy) is 1. The van der Waals surface area contributed by atoms with Crippen molar-refractivity contribution in [2.75, 3.05) is 32.5 Å². The number of hydrogen-bond donors (Lipinski definition) is 4. The van der Waals surface area contributed by atoms with Gasteiger partial charge < -0.3 is 30.4 Å². The number of anilines is 1. The molecule has 1 aromatic heterocycles. The molecule has 2 heterocycles. The second kappa shape index (κ2) is 27.3. The molecule has 0 saturated heterocycles. The topological polar surface area (TPSA) is 100 Å². The van der Waals surface area contributed by atoms with Crippen molar-refractivity contribution >= 4 is 23.0 Å². The van der Waals surface area contributed by atoms with Crippen LogP contribution in [0.15, 0.2) is 36.4 Å². The van der Waals surface area contributed by atoms with Crippen molar-refractivity contribution in [3.8, 4) is 5.75 Å². The van der Waals surface area contributed by atoms with Gasteiger partial charge in [0.1, 0.15) is 5.75 Å². The molecule has 0 radical (unpaired) electrons. The number of imidazole rings is 1. The fourth-order valence-corrected chi connectivity index (χ4v) is 6.60. The van der Waals surface area contributed by atoms with Gasteiger partial charge in [0.15, 0.2) is 6.23 Å². The lowest BCUT2D eigenvalue weighted by Gasteiger charge is -2.28. The van der Waals surface area contributed by atoms with Crippen molar-refractivity contribution in [2.45, 2.75) is 162 Å². The zero-order chi connectivity index (χ0) is 40.5. The Morgan fingerprint density at radius 1 is 0.836 bits per heavy atom. The first-order chi connectivity index (χ1) is 26.4. The monoisotopic (exact) mass is 776 g/mol. The largest absolute Gasteiger partial charge is 0.478 e. The minimum Gasteiger partial charge on any atom is -0.478 e. The number of nitrogens with one attached hydrogen (secondary N) is 3. The van der Waals surface area contributed by atoms with Crippen LogP contribution in [-0.2, 0) is 19.1 Å². The van der Waals surface area contributed by atoms with Gasteiger partial charge in [-0.25, -0.2) is 9.78 Å². The highest BCUT2D eigenvalue weighted by Gasteiger charge is 2.32. The SMILES string of the molecule is CC(C)Cn1c(NC2CCc3cc(C(F)(F)F)ccc3O2)nc2cc(C(=O)O)ccc21.CCCCCCCCCCNC.CCCCCCCCCCNC. The molecule has 0 fully saturated rings. The molecule has 4 N–H and O–H groups in total. The highest BCUT2D eigenvalue weighted by molar-refractivity contribution is 5.93. The van der Waals surface area contributed by atoms with Crippen LogP contribution in [-0.4, -0.2) is 54.0 Å². The Hall–Kier alpha value is -3.31. The predicted octanol–water partition coefficient (Wildman–Crippen LogP) is 11.9. The zero-order valence-corrected chi connectivity index (χ0v) is 34.8. The van der Waals surface area contributed by atoms with Crippen molar-refractivity contribution in [3.05, 3.63) is 53.1 Å². The van der Waals surface area contributed by atoms with Crippen LogP contribution in [0.4, 0.5) is 19.1 Å². The minimum absolute atomic E-state index is 0.150. The first-order valence-electron chi connectivity index (χ1n) is 21.1. The molecule has 0 saturated carbocycles. The van der Waals surface area contributed by atoms with Gasteiger partial charge >= 0.3 is 12.1 Å². The van der Waals surface area contributed by atoms with Crippen LogP contribution >= 0.6 is 0 Å². The number of carbonyl (C=O) groups is 1. The summed E-state index contributed by atoms with van der Waals surface area (Å²) in [6.07, 6.45) is 18.7. The van der Waals surface area contributed by atoms with Crippen LogP contribution in [0.2, 0.25) is 0 Å². The summed E-state index contributed by atoms with van der Waals surface area (Å²) in [6, 6.07) is 8.29. The Morgan fingerprint density at radius 3 is 1.87 bits per heavy atom. The molecular weight excluding hydrogens is 704 g/mol. The van der Waals surface area contributed by atoms with E-state index >= 15 is 0 Å². The van der Waals surface area contributed by atoms with Crippen LogP contribution in [0.25, 0.3) is 11.0 Å². The third kappa shape index (κ3) is 18.9. The number of hydrogen-bond acceptors (Lipinski definition) is 6. The van der Waals surface area contributed by atoms with Crippen molar-refractivity contribution in [1.82, 2.24) is 20.2 Å². The molecule has 55 heavy (non-hydrogen) atoms. The van der Waals surface area contributed by atoms with E-state index < -0.39 is 23.9 Å². The number of carboxylic acids is 1. The number of aromatic nitrogens is 2. The summed E-state index contributed by atoms with van der Waals surface area (Å²) in [5, 5.41) is 18.8. The van der Waals surface area contributed by atoms with E-state index in [9.17, 15) is 23.1 Å². The Morgan fingerprint density at radius 2 is 1.38 bits per heavy atom. The van der Waals surface area contributed by atoms with Gasteiger partial charge in [0.05, 0.1) is 22.2 Å². The minimum atomic E-state index is -4.39. The fourth-order valence-electron chi connectivity index (χ4n) is 6.60. The molecule has 1 aliphatic rings. The van der Waals surface area contributed by atoms with E-state index in [1.807, 2.05) is 18.7 Å². The summed E-state index contributed by atoms with van der Waals surface area (Å²) in [4.78, 5) is 15.9. The van der Waals surface area contributed by atoms with Gasteiger partial charge in [-0.05, 0) is 94.3 Å².